The highest BCUT2D eigenvalue weighted by Crippen LogP contribution is 2.28. The number of thiol groups is 1. The van der Waals surface area contributed by atoms with E-state index in [9.17, 15) is 44.3 Å². The Morgan fingerprint density at radius 3 is 1.07 bits per heavy atom. The minimum absolute atomic E-state index is 0.397. The van der Waals surface area contributed by atoms with Gasteiger partial charge in [-0.2, -0.15) is 5.46 Å². The smallest absolute Gasteiger partial charge is 0.437 e. The van der Waals surface area contributed by atoms with Crippen molar-refractivity contribution in [3.05, 3.63) is 183 Å². The second-order valence-corrected chi connectivity index (χ2v) is 13.5. The van der Waals surface area contributed by atoms with Gasteiger partial charge in [0.15, 0.2) is 52.4 Å². The van der Waals surface area contributed by atoms with E-state index in [2.05, 4.69) is 29.0 Å². The number of hydrogen-bond acceptors (Lipinski definition) is 3. The van der Waals surface area contributed by atoms with Crippen LogP contribution in [0.2, 0.25) is 0 Å². The standard InChI is InChI=1S/C24H5BF15.C16H16O3S/c26-10-7(11(27)17(33)22(38)16(10)32)25(6-4-2-1-3-5-6,8-12(28)18(34)23(39)19(35)13(8)29)9-14(30)20(36)24(40)21(37)15(9)31;1-18-16(17)19-15-9-7-14(8-10-15)12-20-11-13-5-3-2-4-6-13/h1-5H;2-10H,11-12H2,1H3/q-1;/p+1. The maximum atomic E-state index is 15.3. The van der Waals surface area contributed by atoms with Crippen molar-refractivity contribution < 1.29 is 80.1 Å². The summed E-state index contributed by atoms with van der Waals surface area (Å²) in [5, 5.41) is 0. The first kappa shape index (κ1) is 45.0. The van der Waals surface area contributed by atoms with E-state index in [1.165, 1.54) is 30.0 Å². The van der Waals surface area contributed by atoms with Gasteiger partial charge >= 0.3 is 6.16 Å². The minimum Gasteiger partial charge on any atom is -0.437 e. The second-order valence-electron chi connectivity index (χ2n) is 12.5. The molecule has 0 aliphatic rings. The molecule has 0 spiro atoms. The second kappa shape index (κ2) is 18.5. The largest absolute Gasteiger partial charge is 0.513 e. The van der Waals surface area contributed by atoms with Gasteiger partial charge in [-0.1, -0.05) is 72.8 Å². The summed E-state index contributed by atoms with van der Waals surface area (Å²) in [7, 11) is 1.29. The molecule has 3 nitrogen and oxygen atoms in total. The summed E-state index contributed by atoms with van der Waals surface area (Å²) in [5.74, 6) is -42.9. The van der Waals surface area contributed by atoms with Crippen molar-refractivity contribution in [2.75, 3.05) is 7.11 Å². The first-order chi connectivity index (χ1) is 28.4. The van der Waals surface area contributed by atoms with Gasteiger partial charge < -0.3 is 9.47 Å². The summed E-state index contributed by atoms with van der Waals surface area (Å²) in [6.07, 6.45) is -6.41. The summed E-state index contributed by atoms with van der Waals surface area (Å²) >= 11 is 1.35. The predicted octanol–water partition coefficient (Wildman–Crippen LogP) is 8.50. The molecule has 0 saturated heterocycles. The molecular formula is C40H22BF15O3S. The molecule has 314 valence electrons. The Morgan fingerprint density at radius 1 is 0.433 bits per heavy atom. The van der Waals surface area contributed by atoms with Crippen LogP contribution in [0.15, 0.2) is 84.9 Å². The fourth-order valence-electron chi connectivity index (χ4n) is 6.38. The zero-order chi connectivity index (χ0) is 44.2. The van der Waals surface area contributed by atoms with Crippen molar-refractivity contribution in [2.24, 2.45) is 0 Å². The lowest BCUT2D eigenvalue weighted by molar-refractivity contribution is 0.121. The number of benzene rings is 6. The molecule has 0 radical (unpaired) electrons. The van der Waals surface area contributed by atoms with Gasteiger partial charge in [-0.3, -0.25) is 0 Å². The van der Waals surface area contributed by atoms with E-state index < -0.39 is 121 Å². The van der Waals surface area contributed by atoms with E-state index in [4.69, 9.17) is 4.74 Å². The lowest BCUT2D eigenvalue weighted by atomic mass is 9.12. The van der Waals surface area contributed by atoms with Gasteiger partial charge in [-0.15, -0.1) is 16.4 Å². The van der Waals surface area contributed by atoms with Crippen molar-refractivity contribution >= 4 is 45.9 Å². The van der Waals surface area contributed by atoms with E-state index in [0.29, 0.717) is 17.9 Å². The molecule has 0 atom stereocenters. The van der Waals surface area contributed by atoms with Gasteiger partial charge in [0.2, 0.25) is 0 Å². The molecule has 6 aromatic carbocycles. The van der Waals surface area contributed by atoms with Crippen LogP contribution in [0.3, 0.4) is 0 Å². The summed E-state index contributed by atoms with van der Waals surface area (Å²) in [5.41, 5.74) is -6.84. The molecule has 0 N–H and O–H groups in total. The van der Waals surface area contributed by atoms with Crippen molar-refractivity contribution in [2.45, 2.75) is 11.5 Å². The normalized spacial score (nSPS) is 11.3. The Hall–Kier alpha value is -6.05. The summed E-state index contributed by atoms with van der Waals surface area (Å²) in [6, 6.07) is 21.2. The van der Waals surface area contributed by atoms with Crippen LogP contribution < -0.4 is 26.6 Å². The van der Waals surface area contributed by atoms with Crippen LogP contribution in [0, 0.1) is 87.3 Å². The molecule has 60 heavy (non-hydrogen) atoms. The minimum atomic E-state index is -5.72. The molecule has 0 bridgehead atoms. The van der Waals surface area contributed by atoms with Crippen LogP contribution in [0.25, 0.3) is 0 Å². The lowest BCUT2D eigenvalue weighted by Crippen LogP contribution is -2.79. The topological polar surface area (TPSA) is 35.5 Å². The fourth-order valence-corrected chi connectivity index (χ4v) is 7.43. The molecule has 0 unspecified atom stereocenters. The molecule has 0 aromatic heterocycles. The molecule has 6 rings (SSSR count). The summed E-state index contributed by atoms with van der Waals surface area (Å²) in [4.78, 5) is 10.9. The first-order valence-electron chi connectivity index (χ1n) is 16.7. The van der Waals surface area contributed by atoms with E-state index in [1.54, 1.807) is 12.1 Å². The summed E-state index contributed by atoms with van der Waals surface area (Å²) < 4.78 is 229. The van der Waals surface area contributed by atoms with Gasteiger partial charge in [-0.25, -0.2) is 70.7 Å². The number of ether oxygens (including phenoxy) is 2. The molecule has 0 heterocycles. The third-order valence-electron chi connectivity index (χ3n) is 9.05. The van der Waals surface area contributed by atoms with Crippen LogP contribution in [0.4, 0.5) is 70.7 Å². The summed E-state index contributed by atoms with van der Waals surface area (Å²) in [6.45, 7) is 0. The maximum Gasteiger partial charge on any atom is 0.513 e. The molecule has 0 aliphatic heterocycles. The fraction of sp³-hybridized carbons (Fsp3) is 0.0750. The highest BCUT2D eigenvalue weighted by atomic mass is 32.2. The lowest BCUT2D eigenvalue weighted by Gasteiger charge is -2.44. The monoisotopic (exact) mass is 878 g/mol. The van der Waals surface area contributed by atoms with E-state index in [1.807, 2.05) is 18.2 Å². The van der Waals surface area contributed by atoms with Gasteiger partial charge in [0.05, 0.1) is 7.11 Å². The first-order valence-corrected chi connectivity index (χ1v) is 18.0. The Balaban J connectivity index is 0.000000285. The van der Waals surface area contributed by atoms with Gasteiger partial charge in [0, 0.05) is 11.1 Å². The number of carbonyl (C=O) groups is 1. The van der Waals surface area contributed by atoms with Crippen molar-refractivity contribution in [1.29, 1.82) is 0 Å². The molecular weight excluding hydrogens is 856 g/mol. The van der Waals surface area contributed by atoms with Crippen LogP contribution >= 0.6 is 0 Å². The zero-order valence-corrected chi connectivity index (χ0v) is 30.8. The van der Waals surface area contributed by atoms with Gasteiger partial charge in [0.1, 0.15) is 58.3 Å². The average Bonchev–Trinajstić information content (AvgIpc) is 3.26. The number of methoxy groups -OCH3 is 1. The maximum absolute atomic E-state index is 15.3. The van der Waals surface area contributed by atoms with Crippen LogP contribution in [-0.4, -0.2) is 19.4 Å². The number of halogens is 15. The van der Waals surface area contributed by atoms with E-state index in [0.717, 1.165) is 29.7 Å². The molecule has 20 heteroatoms. The Morgan fingerprint density at radius 2 is 0.733 bits per heavy atom. The SMILES string of the molecule is COC(=O)Oc1ccc(C[SH+]Cc2ccccc2)cc1.Fc1c(F)c(F)c([B-](c2ccccc2)(c2c(F)c(F)c(F)c(F)c2F)c2c(F)c(F)c(F)c(F)c2F)c(F)c1F. The Bertz CT molecular complexity index is 2310. The quantitative estimate of drug-likeness (QED) is 0.0214. The van der Waals surface area contributed by atoms with E-state index >= 15 is 26.3 Å². The Labute approximate surface area is 333 Å². The van der Waals surface area contributed by atoms with Crippen LogP contribution in [-0.2, 0) is 28.0 Å². The van der Waals surface area contributed by atoms with Crippen molar-refractivity contribution in [3.63, 3.8) is 0 Å². The van der Waals surface area contributed by atoms with Crippen LogP contribution in [0.5, 0.6) is 5.75 Å². The van der Waals surface area contributed by atoms with Gasteiger partial charge in [-0.05, 0) is 23.9 Å². The highest BCUT2D eigenvalue weighted by Gasteiger charge is 2.48. The zero-order valence-electron chi connectivity index (χ0n) is 29.9. The van der Waals surface area contributed by atoms with Crippen molar-refractivity contribution in [3.8, 4) is 5.75 Å². The number of carbonyl (C=O) groups excluding carboxylic acids is 1. The van der Waals surface area contributed by atoms with Crippen LogP contribution in [0.1, 0.15) is 11.1 Å². The molecule has 0 saturated carbocycles. The molecule has 0 aliphatic carbocycles. The van der Waals surface area contributed by atoms with Crippen molar-refractivity contribution in [1.82, 2.24) is 0 Å². The third kappa shape index (κ3) is 8.24. The molecule has 0 fully saturated rings. The number of hydrogen-bond donors (Lipinski definition) is 0. The molecule has 6 aromatic rings. The Kier molecular flexibility index (Phi) is 13.9. The predicted molar refractivity (Wildman–Crippen MR) is 192 cm³/mol. The van der Waals surface area contributed by atoms with Gasteiger partial charge in [0.25, 0.3) is 0 Å². The van der Waals surface area contributed by atoms with E-state index in [-0.39, 0.29) is 0 Å². The third-order valence-corrected chi connectivity index (χ3v) is 10.2. The number of rotatable bonds is 9. The molecule has 0 amide bonds. The average molecular weight is 878 g/mol. The highest BCUT2D eigenvalue weighted by molar-refractivity contribution is 7.76.